The van der Waals surface area contributed by atoms with Crippen molar-refractivity contribution in [3.05, 3.63) is 0 Å². The predicted octanol–water partition coefficient (Wildman–Crippen LogP) is 2.70. The van der Waals surface area contributed by atoms with Crippen molar-refractivity contribution >= 4 is 0 Å². The Bertz CT molecular complexity index is 130. The van der Waals surface area contributed by atoms with Crippen molar-refractivity contribution in [2.24, 2.45) is 11.7 Å². The molecular weight excluding hydrogens is 167 g/mol. The minimum atomic E-state index is -4.17. The van der Waals surface area contributed by atoms with Gasteiger partial charge >= 0.3 is 6.18 Å². The summed E-state index contributed by atoms with van der Waals surface area (Å²) in [7, 11) is 0. The summed E-state index contributed by atoms with van der Waals surface area (Å²) in [4.78, 5) is 0. The van der Waals surface area contributed by atoms with Crippen LogP contribution in [0.15, 0.2) is 0 Å². The van der Waals surface area contributed by atoms with E-state index in [9.17, 15) is 13.2 Å². The van der Waals surface area contributed by atoms with E-state index in [1.807, 2.05) is 0 Å². The fraction of sp³-hybridized carbons (Fsp3) is 1.00. The predicted molar refractivity (Wildman–Crippen MR) is 42.7 cm³/mol. The van der Waals surface area contributed by atoms with Gasteiger partial charge in [0, 0.05) is 0 Å². The summed E-state index contributed by atoms with van der Waals surface area (Å²) >= 11 is 0. The fourth-order valence-corrected chi connectivity index (χ4v) is 0.418. The van der Waals surface area contributed by atoms with Crippen LogP contribution in [0.25, 0.3) is 0 Å². The second-order valence-corrected chi connectivity index (χ2v) is 3.89. The Morgan fingerprint density at radius 2 is 1.42 bits per heavy atom. The Kier molecular flexibility index (Phi) is 3.57. The SMILES string of the molecule is CC(C)C.NC1(C(F)(F)F)CC1. The molecule has 0 aromatic rings. The Labute approximate surface area is 71.1 Å². The van der Waals surface area contributed by atoms with Gasteiger partial charge in [0.1, 0.15) is 5.54 Å². The molecule has 0 aliphatic heterocycles. The van der Waals surface area contributed by atoms with Gasteiger partial charge in [-0.15, -0.1) is 0 Å². The molecule has 12 heavy (non-hydrogen) atoms. The number of hydrogen-bond acceptors (Lipinski definition) is 1. The van der Waals surface area contributed by atoms with E-state index in [1.165, 1.54) is 0 Å². The first-order valence-corrected chi connectivity index (χ1v) is 4.04. The molecule has 0 heterocycles. The number of hydrogen-bond donors (Lipinski definition) is 1. The van der Waals surface area contributed by atoms with Gasteiger partial charge in [0.05, 0.1) is 0 Å². The first-order chi connectivity index (χ1) is 5.19. The lowest BCUT2D eigenvalue weighted by Gasteiger charge is -2.11. The van der Waals surface area contributed by atoms with Crippen LogP contribution in [0.4, 0.5) is 13.2 Å². The molecule has 1 aliphatic carbocycles. The number of alkyl halides is 3. The molecular formula is C8H16F3N. The second kappa shape index (κ2) is 3.64. The maximum absolute atomic E-state index is 11.5. The number of halogens is 3. The lowest BCUT2D eigenvalue weighted by atomic mass is 10.3. The van der Waals surface area contributed by atoms with Gasteiger partial charge in [-0.2, -0.15) is 13.2 Å². The number of nitrogens with two attached hydrogens (primary N) is 1. The highest BCUT2D eigenvalue weighted by Gasteiger charge is 2.60. The molecule has 0 bridgehead atoms. The maximum Gasteiger partial charge on any atom is 0.406 e. The maximum atomic E-state index is 11.5. The van der Waals surface area contributed by atoms with E-state index >= 15 is 0 Å². The lowest BCUT2D eigenvalue weighted by molar-refractivity contribution is -0.156. The zero-order valence-corrected chi connectivity index (χ0v) is 7.70. The summed E-state index contributed by atoms with van der Waals surface area (Å²) in [5.74, 6) is 0.833. The Hall–Kier alpha value is -0.250. The normalized spacial score (nSPS) is 20.0. The minimum Gasteiger partial charge on any atom is -0.318 e. The molecule has 1 rings (SSSR count). The van der Waals surface area contributed by atoms with Crippen molar-refractivity contribution in [2.75, 3.05) is 0 Å². The standard InChI is InChI=1S/C4H6F3N.C4H10/c5-4(6,7)3(8)1-2-3;1-4(2)3/h1-2,8H2;4H,1-3H3. The van der Waals surface area contributed by atoms with Gasteiger partial charge in [-0.05, 0) is 18.8 Å². The zero-order chi connectivity index (χ0) is 9.99. The Morgan fingerprint density at radius 1 is 1.17 bits per heavy atom. The van der Waals surface area contributed by atoms with E-state index < -0.39 is 11.7 Å². The van der Waals surface area contributed by atoms with Gasteiger partial charge in [-0.1, -0.05) is 20.8 Å². The fourth-order valence-electron chi connectivity index (χ4n) is 0.418. The Balaban J connectivity index is 0.000000261. The van der Waals surface area contributed by atoms with Crippen molar-refractivity contribution in [2.45, 2.75) is 45.3 Å². The van der Waals surface area contributed by atoms with Crippen LogP contribution in [0, 0.1) is 5.92 Å². The minimum absolute atomic E-state index is 0.0938. The van der Waals surface area contributed by atoms with Gasteiger partial charge in [-0.25, -0.2) is 0 Å². The van der Waals surface area contributed by atoms with Crippen LogP contribution in [0.2, 0.25) is 0 Å². The highest BCUT2D eigenvalue weighted by atomic mass is 19.4. The van der Waals surface area contributed by atoms with E-state index in [0.29, 0.717) is 0 Å². The highest BCUT2D eigenvalue weighted by Crippen LogP contribution is 2.46. The van der Waals surface area contributed by atoms with E-state index in [2.05, 4.69) is 20.8 Å². The third kappa shape index (κ3) is 3.95. The van der Waals surface area contributed by atoms with Gasteiger partial charge < -0.3 is 5.73 Å². The topological polar surface area (TPSA) is 26.0 Å². The first kappa shape index (κ1) is 11.8. The van der Waals surface area contributed by atoms with Gasteiger partial charge in [0.2, 0.25) is 0 Å². The highest BCUT2D eigenvalue weighted by molar-refractivity contribution is 5.04. The van der Waals surface area contributed by atoms with Crippen LogP contribution in [0.5, 0.6) is 0 Å². The van der Waals surface area contributed by atoms with Crippen LogP contribution in [-0.2, 0) is 0 Å². The largest absolute Gasteiger partial charge is 0.406 e. The van der Waals surface area contributed by atoms with E-state index in [-0.39, 0.29) is 12.8 Å². The third-order valence-electron chi connectivity index (χ3n) is 1.35. The van der Waals surface area contributed by atoms with Crippen LogP contribution in [0.3, 0.4) is 0 Å². The molecule has 1 nitrogen and oxygen atoms in total. The quantitative estimate of drug-likeness (QED) is 0.614. The molecule has 0 unspecified atom stereocenters. The summed E-state index contributed by atoms with van der Waals surface area (Å²) in [5, 5.41) is 0. The van der Waals surface area contributed by atoms with E-state index in [1.54, 1.807) is 0 Å². The molecule has 0 amide bonds. The number of rotatable bonds is 0. The molecule has 1 fully saturated rings. The zero-order valence-electron chi connectivity index (χ0n) is 7.70. The molecule has 74 valence electrons. The molecule has 1 saturated carbocycles. The summed E-state index contributed by atoms with van der Waals surface area (Å²) in [6.07, 6.45) is -3.99. The summed E-state index contributed by atoms with van der Waals surface area (Å²) in [6, 6.07) is 0. The molecule has 0 aromatic carbocycles. The van der Waals surface area contributed by atoms with Gasteiger partial charge in [0.15, 0.2) is 0 Å². The monoisotopic (exact) mass is 183 g/mol. The molecule has 0 aromatic heterocycles. The van der Waals surface area contributed by atoms with Crippen LogP contribution < -0.4 is 5.73 Å². The molecule has 0 atom stereocenters. The van der Waals surface area contributed by atoms with Crippen molar-refractivity contribution in [3.8, 4) is 0 Å². The summed E-state index contributed by atoms with van der Waals surface area (Å²) in [6.45, 7) is 6.50. The second-order valence-electron chi connectivity index (χ2n) is 3.89. The van der Waals surface area contributed by atoms with Crippen LogP contribution in [-0.4, -0.2) is 11.7 Å². The molecule has 2 N–H and O–H groups in total. The smallest absolute Gasteiger partial charge is 0.318 e. The molecule has 0 radical (unpaired) electrons. The Morgan fingerprint density at radius 3 is 1.42 bits per heavy atom. The van der Waals surface area contributed by atoms with E-state index in [0.717, 1.165) is 5.92 Å². The van der Waals surface area contributed by atoms with Crippen molar-refractivity contribution < 1.29 is 13.2 Å². The van der Waals surface area contributed by atoms with Crippen molar-refractivity contribution in [3.63, 3.8) is 0 Å². The van der Waals surface area contributed by atoms with Crippen molar-refractivity contribution in [1.82, 2.24) is 0 Å². The first-order valence-electron chi connectivity index (χ1n) is 4.04. The van der Waals surface area contributed by atoms with Crippen LogP contribution >= 0.6 is 0 Å². The third-order valence-corrected chi connectivity index (χ3v) is 1.35. The molecule has 0 saturated heterocycles. The average molecular weight is 183 g/mol. The average Bonchev–Trinajstić information content (AvgIpc) is 2.43. The van der Waals surface area contributed by atoms with Gasteiger partial charge in [0.25, 0.3) is 0 Å². The van der Waals surface area contributed by atoms with Crippen LogP contribution in [0.1, 0.15) is 33.6 Å². The van der Waals surface area contributed by atoms with E-state index in [4.69, 9.17) is 5.73 Å². The molecule has 4 heteroatoms. The summed E-state index contributed by atoms with van der Waals surface area (Å²) in [5.41, 5.74) is 2.99. The molecule has 1 aliphatic rings. The van der Waals surface area contributed by atoms with Gasteiger partial charge in [-0.3, -0.25) is 0 Å². The van der Waals surface area contributed by atoms with Crippen molar-refractivity contribution in [1.29, 1.82) is 0 Å². The lowest BCUT2D eigenvalue weighted by Crippen LogP contribution is -2.39. The molecule has 0 spiro atoms. The summed E-state index contributed by atoms with van der Waals surface area (Å²) < 4.78 is 34.5.